The van der Waals surface area contributed by atoms with Crippen molar-refractivity contribution in [3.05, 3.63) is 101 Å². The van der Waals surface area contributed by atoms with Crippen LogP contribution in [0.4, 0.5) is 8.78 Å². The van der Waals surface area contributed by atoms with E-state index in [0.29, 0.717) is 17.7 Å². The maximum atomic E-state index is 13.8. The standard InChI is InChI=1S/C23H19F2NO2/c24-17-7-3-5-15(11-17)12-21(16-6-4-8-18(25)13-16)26-23(27)20-14-28-22-10-2-1-9-19(20)22/h1-11,13,20-21H,12,14H2,(H,26,27). The van der Waals surface area contributed by atoms with E-state index in [4.69, 9.17) is 4.74 Å². The number of carbonyl (C=O) groups is 1. The van der Waals surface area contributed by atoms with Crippen molar-refractivity contribution in [2.24, 2.45) is 0 Å². The summed E-state index contributed by atoms with van der Waals surface area (Å²) in [6.07, 6.45) is 0.349. The Morgan fingerprint density at radius 1 is 1.00 bits per heavy atom. The third kappa shape index (κ3) is 3.88. The summed E-state index contributed by atoms with van der Waals surface area (Å²) in [6.45, 7) is 0.265. The fourth-order valence-electron chi connectivity index (χ4n) is 3.53. The molecule has 4 rings (SSSR count). The van der Waals surface area contributed by atoms with E-state index in [9.17, 15) is 13.6 Å². The molecule has 0 bridgehead atoms. The van der Waals surface area contributed by atoms with Crippen molar-refractivity contribution in [2.75, 3.05) is 6.61 Å². The number of hydrogen-bond acceptors (Lipinski definition) is 2. The Morgan fingerprint density at radius 2 is 1.75 bits per heavy atom. The molecule has 0 fully saturated rings. The molecule has 0 saturated heterocycles. The summed E-state index contributed by atoms with van der Waals surface area (Å²) in [7, 11) is 0. The summed E-state index contributed by atoms with van der Waals surface area (Å²) in [4.78, 5) is 13.0. The number of para-hydroxylation sites is 1. The first-order chi connectivity index (χ1) is 13.6. The number of nitrogens with one attached hydrogen (secondary N) is 1. The Morgan fingerprint density at radius 3 is 2.54 bits per heavy atom. The topological polar surface area (TPSA) is 38.3 Å². The zero-order valence-electron chi connectivity index (χ0n) is 15.1. The second-order valence-electron chi connectivity index (χ2n) is 6.85. The lowest BCUT2D eigenvalue weighted by Crippen LogP contribution is -2.34. The maximum absolute atomic E-state index is 13.8. The first-order valence-electron chi connectivity index (χ1n) is 9.12. The lowest BCUT2D eigenvalue weighted by atomic mass is 9.96. The Labute approximate surface area is 162 Å². The third-order valence-electron chi connectivity index (χ3n) is 4.91. The van der Waals surface area contributed by atoms with Crippen molar-refractivity contribution in [3.8, 4) is 5.75 Å². The molecule has 142 valence electrons. The van der Waals surface area contributed by atoms with Crippen molar-refractivity contribution in [1.29, 1.82) is 0 Å². The number of amides is 1. The van der Waals surface area contributed by atoms with Gasteiger partial charge in [0.25, 0.3) is 0 Å². The van der Waals surface area contributed by atoms with Gasteiger partial charge in [-0.2, -0.15) is 0 Å². The van der Waals surface area contributed by atoms with Gasteiger partial charge < -0.3 is 10.1 Å². The van der Waals surface area contributed by atoms with E-state index in [0.717, 1.165) is 11.1 Å². The van der Waals surface area contributed by atoms with Crippen LogP contribution in [0.1, 0.15) is 28.7 Å². The van der Waals surface area contributed by atoms with Gasteiger partial charge in [0.15, 0.2) is 0 Å². The van der Waals surface area contributed by atoms with E-state index in [1.807, 2.05) is 24.3 Å². The van der Waals surface area contributed by atoms with Crippen LogP contribution in [0.15, 0.2) is 72.8 Å². The number of fused-ring (bicyclic) bond motifs is 1. The van der Waals surface area contributed by atoms with E-state index < -0.39 is 12.0 Å². The van der Waals surface area contributed by atoms with Crippen molar-refractivity contribution in [2.45, 2.75) is 18.4 Å². The highest BCUT2D eigenvalue weighted by atomic mass is 19.1. The number of rotatable bonds is 5. The van der Waals surface area contributed by atoms with Gasteiger partial charge in [0.2, 0.25) is 5.91 Å². The molecule has 3 aromatic carbocycles. The van der Waals surface area contributed by atoms with Gasteiger partial charge in [-0.25, -0.2) is 8.78 Å². The summed E-state index contributed by atoms with van der Waals surface area (Å²) >= 11 is 0. The number of halogens is 2. The zero-order valence-corrected chi connectivity index (χ0v) is 15.1. The van der Waals surface area contributed by atoms with Crippen LogP contribution < -0.4 is 10.1 Å². The van der Waals surface area contributed by atoms with Gasteiger partial charge in [0.05, 0.1) is 6.04 Å². The first kappa shape index (κ1) is 18.2. The highest BCUT2D eigenvalue weighted by Gasteiger charge is 2.31. The molecule has 2 unspecified atom stereocenters. The molecule has 1 N–H and O–H groups in total. The molecule has 2 atom stereocenters. The molecular formula is C23H19F2NO2. The molecule has 0 aromatic heterocycles. The van der Waals surface area contributed by atoms with Gasteiger partial charge in [0, 0.05) is 5.56 Å². The third-order valence-corrected chi connectivity index (χ3v) is 4.91. The Kier molecular flexibility index (Phi) is 5.06. The minimum absolute atomic E-state index is 0.199. The van der Waals surface area contributed by atoms with E-state index in [-0.39, 0.29) is 24.1 Å². The van der Waals surface area contributed by atoms with Gasteiger partial charge in [-0.3, -0.25) is 4.79 Å². The van der Waals surface area contributed by atoms with Crippen molar-refractivity contribution in [1.82, 2.24) is 5.32 Å². The Balaban J connectivity index is 1.59. The summed E-state index contributed by atoms with van der Waals surface area (Å²) in [5, 5.41) is 3.00. The SMILES string of the molecule is O=C(NC(Cc1cccc(F)c1)c1cccc(F)c1)C1COc2ccccc21. The molecule has 1 aliphatic heterocycles. The number of ether oxygens (including phenoxy) is 1. The molecule has 1 aliphatic rings. The molecule has 28 heavy (non-hydrogen) atoms. The fraction of sp³-hybridized carbons (Fsp3) is 0.174. The van der Waals surface area contributed by atoms with Crippen molar-refractivity contribution in [3.63, 3.8) is 0 Å². The number of carbonyl (C=O) groups excluding carboxylic acids is 1. The zero-order chi connectivity index (χ0) is 19.5. The van der Waals surface area contributed by atoms with Gasteiger partial charge in [-0.15, -0.1) is 0 Å². The van der Waals surface area contributed by atoms with E-state index in [1.165, 1.54) is 24.3 Å². The van der Waals surface area contributed by atoms with Crippen LogP contribution in [0.5, 0.6) is 5.75 Å². The second kappa shape index (κ2) is 7.80. The Bertz CT molecular complexity index is 1010. The lowest BCUT2D eigenvalue weighted by Gasteiger charge is -2.21. The summed E-state index contributed by atoms with van der Waals surface area (Å²) in [5.41, 5.74) is 2.19. The number of benzene rings is 3. The molecule has 1 amide bonds. The molecule has 0 saturated carbocycles. The van der Waals surface area contributed by atoms with Gasteiger partial charge in [-0.05, 0) is 47.9 Å². The van der Waals surface area contributed by atoms with Crippen LogP contribution in [-0.4, -0.2) is 12.5 Å². The van der Waals surface area contributed by atoms with Crippen LogP contribution in [0.3, 0.4) is 0 Å². The Hall–Kier alpha value is -3.21. The monoisotopic (exact) mass is 379 g/mol. The van der Waals surface area contributed by atoms with E-state index in [1.54, 1.807) is 24.3 Å². The summed E-state index contributed by atoms with van der Waals surface area (Å²) in [5.74, 6) is -0.657. The molecule has 5 heteroatoms. The predicted octanol–water partition coefficient (Wildman–Crippen LogP) is 4.54. The van der Waals surface area contributed by atoms with Crippen molar-refractivity contribution < 1.29 is 18.3 Å². The van der Waals surface area contributed by atoms with E-state index in [2.05, 4.69) is 5.32 Å². The van der Waals surface area contributed by atoms with Crippen LogP contribution in [0.25, 0.3) is 0 Å². The van der Waals surface area contributed by atoms with Crippen LogP contribution >= 0.6 is 0 Å². The number of hydrogen-bond donors (Lipinski definition) is 1. The molecule has 1 heterocycles. The van der Waals surface area contributed by atoms with Crippen molar-refractivity contribution >= 4 is 5.91 Å². The predicted molar refractivity (Wildman–Crippen MR) is 102 cm³/mol. The smallest absolute Gasteiger partial charge is 0.231 e. The summed E-state index contributed by atoms with van der Waals surface area (Å²) in [6, 6.07) is 19.2. The second-order valence-corrected chi connectivity index (χ2v) is 6.85. The fourth-order valence-corrected chi connectivity index (χ4v) is 3.53. The molecular weight excluding hydrogens is 360 g/mol. The lowest BCUT2D eigenvalue weighted by molar-refractivity contribution is -0.123. The molecule has 0 radical (unpaired) electrons. The molecule has 3 nitrogen and oxygen atoms in total. The van der Waals surface area contributed by atoms with Crippen LogP contribution in [0.2, 0.25) is 0 Å². The quantitative estimate of drug-likeness (QED) is 0.707. The van der Waals surface area contributed by atoms with Crippen LogP contribution in [-0.2, 0) is 11.2 Å². The minimum atomic E-state index is -0.488. The normalized spacial score (nSPS) is 16.1. The minimum Gasteiger partial charge on any atom is -0.492 e. The molecule has 0 aliphatic carbocycles. The average molecular weight is 379 g/mol. The van der Waals surface area contributed by atoms with Gasteiger partial charge >= 0.3 is 0 Å². The molecule has 0 spiro atoms. The summed E-state index contributed by atoms with van der Waals surface area (Å²) < 4.78 is 33.0. The van der Waals surface area contributed by atoms with Crippen LogP contribution in [0, 0.1) is 11.6 Å². The molecule has 3 aromatic rings. The maximum Gasteiger partial charge on any atom is 0.231 e. The first-order valence-corrected chi connectivity index (χ1v) is 9.12. The van der Waals surface area contributed by atoms with Gasteiger partial charge in [-0.1, -0.05) is 42.5 Å². The average Bonchev–Trinajstić information content (AvgIpc) is 3.12. The van der Waals surface area contributed by atoms with Gasteiger partial charge in [0.1, 0.15) is 29.9 Å². The highest BCUT2D eigenvalue weighted by molar-refractivity contribution is 5.85. The highest BCUT2D eigenvalue weighted by Crippen LogP contribution is 2.34. The van der Waals surface area contributed by atoms with E-state index >= 15 is 0 Å². The largest absolute Gasteiger partial charge is 0.492 e.